The summed E-state index contributed by atoms with van der Waals surface area (Å²) in [7, 11) is 0. The summed E-state index contributed by atoms with van der Waals surface area (Å²) in [5, 5.41) is 4.16. The van der Waals surface area contributed by atoms with E-state index in [0.29, 0.717) is 23.9 Å². The Morgan fingerprint density at radius 2 is 1.80 bits per heavy atom. The lowest BCUT2D eigenvalue weighted by molar-refractivity contribution is -0.199. The van der Waals surface area contributed by atoms with Crippen LogP contribution < -0.4 is 15.8 Å². The first-order valence-corrected chi connectivity index (χ1v) is 13.9. The number of hydrogen-bond acceptors (Lipinski definition) is 7. The number of aryl methyl sites for hydroxylation is 1. The monoisotopic (exact) mass is 557 g/mol. The number of benzene rings is 1. The lowest BCUT2D eigenvalue weighted by atomic mass is 9.92. The molecule has 1 aliphatic heterocycles. The molecule has 2 aromatic heterocycles. The zero-order valence-electron chi connectivity index (χ0n) is 22.5. The number of alkyl halides is 3. The van der Waals surface area contributed by atoms with Crippen LogP contribution in [0, 0.1) is 12.8 Å². The Kier molecular flexibility index (Phi) is 8.27. The van der Waals surface area contributed by atoms with Gasteiger partial charge < -0.3 is 15.0 Å². The van der Waals surface area contributed by atoms with Crippen molar-refractivity contribution in [3.8, 4) is 0 Å². The molecule has 8 nitrogen and oxygen atoms in total. The van der Waals surface area contributed by atoms with Gasteiger partial charge in [-0.15, -0.1) is 0 Å². The van der Waals surface area contributed by atoms with Crippen molar-refractivity contribution in [3.05, 3.63) is 52.4 Å². The van der Waals surface area contributed by atoms with Crippen molar-refractivity contribution in [2.45, 2.75) is 70.5 Å². The molecule has 214 valence electrons. The number of nitrogens with one attached hydrogen (secondary N) is 1. The van der Waals surface area contributed by atoms with Crippen molar-refractivity contribution in [2.75, 3.05) is 29.9 Å². The smallest absolute Gasteiger partial charge is 0.459 e. The molecule has 3 aromatic rings. The Labute approximate surface area is 230 Å². The molecular weight excluding hydrogens is 523 g/mol. The fourth-order valence-electron chi connectivity index (χ4n) is 5.83. The summed E-state index contributed by atoms with van der Waals surface area (Å²) < 4.78 is 42.8. The van der Waals surface area contributed by atoms with Crippen LogP contribution in [0.25, 0.3) is 11.0 Å². The average molecular weight is 558 g/mol. The minimum atomic E-state index is -4.93. The van der Waals surface area contributed by atoms with Gasteiger partial charge in [-0.25, -0.2) is 9.78 Å². The molecule has 1 N–H and O–H groups in total. The maximum atomic E-state index is 12.9. The van der Waals surface area contributed by atoms with E-state index in [1.165, 1.54) is 0 Å². The molecule has 5 rings (SSSR count). The molecule has 2 aliphatic rings. The van der Waals surface area contributed by atoms with Crippen LogP contribution in [0.1, 0.15) is 63.0 Å². The van der Waals surface area contributed by atoms with Crippen LogP contribution in [-0.2, 0) is 9.53 Å². The van der Waals surface area contributed by atoms with Gasteiger partial charge in [0.2, 0.25) is 5.95 Å². The van der Waals surface area contributed by atoms with Crippen LogP contribution in [0.3, 0.4) is 0 Å². The molecule has 1 aromatic carbocycles. The molecule has 0 amide bonds. The number of esters is 1. The molecule has 3 heterocycles. The quantitative estimate of drug-likeness (QED) is 0.266. The molecule has 0 unspecified atom stereocenters. The first kappa shape index (κ1) is 27.9. The Morgan fingerprint density at radius 1 is 1.10 bits per heavy atom. The summed E-state index contributed by atoms with van der Waals surface area (Å²) in [6, 6.07) is 9.88. The number of piperidine rings is 1. The van der Waals surface area contributed by atoms with Crippen molar-refractivity contribution in [1.29, 1.82) is 0 Å². The van der Waals surface area contributed by atoms with Gasteiger partial charge in [0.25, 0.3) is 5.56 Å². The fraction of sp³-hybridized carbons (Fsp3) is 0.517. The molecular formula is C29H34F3N5O3. The first-order chi connectivity index (χ1) is 19.2. The van der Waals surface area contributed by atoms with Gasteiger partial charge in [0.05, 0.1) is 6.61 Å². The fourth-order valence-corrected chi connectivity index (χ4v) is 5.83. The highest BCUT2D eigenvalue weighted by Gasteiger charge is 2.40. The SMILES string of the molecule is Cc1cc(=O)n(C2CCCC2)c2nc(Nc3ccc(N4CCC(CCCOC(=O)C(F)(F)F)CC4)cc3)ncc12. The minimum Gasteiger partial charge on any atom is -0.459 e. The van der Waals surface area contributed by atoms with E-state index in [1.807, 2.05) is 35.8 Å². The first-order valence-electron chi connectivity index (χ1n) is 13.9. The van der Waals surface area contributed by atoms with E-state index in [-0.39, 0.29) is 18.2 Å². The maximum Gasteiger partial charge on any atom is 0.490 e. The number of rotatable bonds is 8. The molecule has 0 atom stereocenters. The van der Waals surface area contributed by atoms with E-state index in [2.05, 4.69) is 19.9 Å². The number of ether oxygens (including phenoxy) is 1. The van der Waals surface area contributed by atoms with Gasteiger partial charge in [-0.2, -0.15) is 18.2 Å². The number of anilines is 3. The topological polar surface area (TPSA) is 89.4 Å². The third-order valence-corrected chi connectivity index (χ3v) is 8.01. The highest BCUT2D eigenvalue weighted by Crippen LogP contribution is 2.32. The van der Waals surface area contributed by atoms with Gasteiger partial charge in [-0.3, -0.25) is 9.36 Å². The predicted octanol–water partition coefficient (Wildman–Crippen LogP) is 6.06. The molecule has 2 fully saturated rings. The lowest BCUT2D eigenvalue weighted by Crippen LogP contribution is -2.33. The van der Waals surface area contributed by atoms with Crippen molar-refractivity contribution in [1.82, 2.24) is 14.5 Å². The normalized spacial score (nSPS) is 16.9. The lowest BCUT2D eigenvalue weighted by Gasteiger charge is -2.33. The van der Waals surface area contributed by atoms with E-state index >= 15 is 0 Å². The van der Waals surface area contributed by atoms with Crippen LogP contribution in [0.5, 0.6) is 0 Å². The van der Waals surface area contributed by atoms with Crippen LogP contribution in [0.4, 0.5) is 30.5 Å². The molecule has 40 heavy (non-hydrogen) atoms. The molecule has 0 bridgehead atoms. The number of fused-ring (bicyclic) bond motifs is 1. The summed E-state index contributed by atoms with van der Waals surface area (Å²) >= 11 is 0. The minimum absolute atomic E-state index is 0.0143. The van der Waals surface area contributed by atoms with Gasteiger partial charge in [0.15, 0.2) is 0 Å². The van der Waals surface area contributed by atoms with Crippen LogP contribution in [0.15, 0.2) is 41.3 Å². The van der Waals surface area contributed by atoms with Gasteiger partial charge >= 0.3 is 12.1 Å². The van der Waals surface area contributed by atoms with Gasteiger partial charge in [-0.05, 0) is 81.2 Å². The summed E-state index contributed by atoms with van der Waals surface area (Å²) in [5.74, 6) is -1.28. The number of carbonyl (C=O) groups is 1. The van der Waals surface area contributed by atoms with E-state index in [9.17, 15) is 22.8 Å². The second-order valence-electron chi connectivity index (χ2n) is 10.8. The summed E-state index contributed by atoms with van der Waals surface area (Å²) in [6.45, 7) is 3.42. The number of halogens is 3. The maximum absolute atomic E-state index is 12.9. The number of pyridine rings is 1. The Hall–Kier alpha value is -3.63. The number of carbonyl (C=O) groups excluding carboxylic acids is 1. The Bertz CT molecular complexity index is 1390. The van der Waals surface area contributed by atoms with Gasteiger partial charge in [0.1, 0.15) is 5.65 Å². The summed E-state index contributed by atoms with van der Waals surface area (Å²) in [5.41, 5.74) is 3.47. The average Bonchev–Trinajstić information content (AvgIpc) is 3.46. The molecule has 11 heteroatoms. The number of nitrogens with zero attached hydrogens (tertiary/aromatic N) is 4. The standard InChI is InChI=1S/C29H34F3N5O3/c1-19-17-25(38)37(23-6-2-3-7-23)26-24(19)18-33-28(35-26)34-21-8-10-22(11-9-21)36-14-12-20(13-15-36)5-4-16-40-27(39)29(30,31)32/h8-11,17-18,20,23H,2-7,12-16H2,1H3,(H,33,34,35). The largest absolute Gasteiger partial charge is 0.490 e. The van der Waals surface area contributed by atoms with Crippen LogP contribution in [-0.4, -0.2) is 46.4 Å². The molecule has 0 radical (unpaired) electrons. The Morgan fingerprint density at radius 3 is 2.48 bits per heavy atom. The molecule has 0 spiro atoms. The van der Waals surface area contributed by atoms with Crippen molar-refractivity contribution in [3.63, 3.8) is 0 Å². The summed E-state index contributed by atoms with van der Waals surface area (Å²) in [4.78, 5) is 35.2. The van der Waals surface area contributed by atoms with E-state index in [4.69, 9.17) is 4.98 Å². The second-order valence-corrected chi connectivity index (χ2v) is 10.8. The predicted molar refractivity (Wildman–Crippen MR) is 147 cm³/mol. The Balaban J connectivity index is 1.17. The van der Waals surface area contributed by atoms with Gasteiger partial charge in [0, 0.05) is 48.2 Å². The van der Waals surface area contributed by atoms with Crippen LogP contribution in [0.2, 0.25) is 0 Å². The second kappa shape index (κ2) is 11.9. The zero-order valence-corrected chi connectivity index (χ0v) is 22.5. The third-order valence-electron chi connectivity index (χ3n) is 8.01. The highest BCUT2D eigenvalue weighted by atomic mass is 19.4. The third kappa shape index (κ3) is 6.39. The number of hydrogen-bond donors (Lipinski definition) is 1. The van der Waals surface area contributed by atoms with E-state index < -0.39 is 12.1 Å². The highest BCUT2D eigenvalue weighted by molar-refractivity contribution is 5.79. The van der Waals surface area contributed by atoms with E-state index in [1.54, 1.807) is 12.3 Å². The zero-order chi connectivity index (χ0) is 28.3. The number of aromatic nitrogens is 3. The molecule has 1 saturated heterocycles. The van der Waals surface area contributed by atoms with Crippen molar-refractivity contribution >= 4 is 34.3 Å². The van der Waals surface area contributed by atoms with E-state index in [0.717, 1.165) is 80.4 Å². The van der Waals surface area contributed by atoms with Crippen LogP contribution >= 0.6 is 0 Å². The van der Waals surface area contributed by atoms with Crippen molar-refractivity contribution in [2.24, 2.45) is 5.92 Å². The summed E-state index contributed by atoms with van der Waals surface area (Å²) in [6.07, 6.45) is 4.09. The van der Waals surface area contributed by atoms with Crippen molar-refractivity contribution < 1.29 is 22.7 Å². The molecule has 1 aliphatic carbocycles. The molecule has 1 saturated carbocycles. The van der Waals surface area contributed by atoms with Gasteiger partial charge in [-0.1, -0.05) is 12.8 Å².